The average molecular weight is 696 g/mol. The van der Waals surface area contributed by atoms with Crippen molar-refractivity contribution >= 4 is 11.1 Å². The van der Waals surface area contributed by atoms with Gasteiger partial charge in [0, 0.05) is 41.5 Å². The van der Waals surface area contributed by atoms with Crippen molar-refractivity contribution in [3.63, 3.8) is 0 Å². The van der Waals surface area contributed by atoms with Crippen molar-refractivity contribution in [2.75, 3.05) is 0 Å². The zero-order chi connectivity index (χ0) is 36.1. The number of hydrogen-bond donors (Lipinski definition) is 0. The molecular weight excluding hydrogens is 659 g/mol. The maximum Gasteiger partial charge on any atom is 0.164 e. The number of hydrogen-bond acceptors (Lipinski definition) is 5. The van der Waals surface area contributed by atoms with Crippen LogP contribution in [0.25, 0.3) is 78.7 Å². The van der Waals surface area contributed by atoms with E-state index in [9.17, 15) is 0 Å². The van der Waals surface area contributed by atoms with Gasteiger partial charge in [0.2, 0.25) is 0 Å². The Morgan fingerprint density at radius 1 is 0.370 bits per heavy atom. The van der Waals surface area contributed by atoms with Crippen LogP contribution in [0.15, 0.2) is 177 Å². The molecule has 0 saturated carbocycles. The van der Waals surface area contributed by atoms with Gasteiger partial charge in [-0.05, 0) is 124 Å². The van der Waals surface area contributed by atoms with Crippen LogP contribution in [0.2, 0.25) is 0 Å². The molecule has 5 nitrogen and oxygen atoms in total. The van der Waals surface area contributed by atoms with Crippen LogP contribution < -0.4 is 0 Å². The minimum atomic E-state index is 0.597. The lowest BCUT2D eigenvalue weighted by Gasteiger charge is -2.14. The largest absolute Gasteiger partial charge is 0.265 e. The second-order valence-corrected chi connectivity index (χ2v) is 13.6. The van der Waals surface area contributed by atoms with Crippen molar-refractivity contribution in [1.82, 2.24) is 24.9 Å². The van der Waals surface area contributed by atoms with Gasteiger partial charge < -0.3 is 0 Å². The normalized spacial score (nSPS) is 13.7. The number of aromatic nitrogens is 5. The second-order valence-electron chi connectivity index (χ2n) is 13.6. The van der Waals surface area contributed by atoms with Gasteiger partial charge in [0.05, 0.1) is 0 Å². The van der Waals surface area contributed by atoms with Crippen LogP contribution in [0.3, 0.4) is 0 Å². The predicted octanol–water partition coefficient (Wildman–Crippen LogP) is 12.1. The molecule has 3 heterocycles. The summed E-state index contributed by atoms with van der Waals surface area (Å²) < 4.78 is 0. The topological polar surface area (TPSA) is 64.5 Å². The third kappa shape index (κ3) is 7.12. The Morgan fingerprint density at radius 2 is 0.815 bits per heavy atom. The van der Waals surface area contributed by atoms with E-state index in [0.29, 0.717) is 17.5 Å². The standard InChI is InChI=1S/C49H37N5/c1-3-7-34(8-4-1)36-11-15-38(16-12-36)44-31-45(39-17-13-37(14-18-39)35-9-5-2-6-10-35)33-46(32-44)40-19-21-41(22-20-40)47-52-48(42-23-27-50-28-24-42)54-49(53-47)43-25-29-51-30-26-43/h1,3,5,7,9-33H,2,4,6,8H2. The molecule has 0 amide bonds. The third-order valence-electron chi connectivity index (χ3n) is 10.1. The Kier molecular flexibility index (Phi) is 9.18. The maximum absolute atomic E-state index is 4.91. The maximum atomic E-state index is 4.91. The van der Waals surface area contributed by atoms with E-state index in [1.807, 2.05) is 24.3 Å². The van der Waals surface area contributed by atoms with Crippen LogP contribution >= 0.6 is 0 Å². The summed E-state index contributed by atoms with van der Waals surface area (Å²) in [6, 6.07) is 41.1. The summed E-state index contributed by atoms with van der Waals surface area (Å²) >= 11 is 0. The SMILES string of the molecule is C1=CCCC(c2ccc(-c3cc(-c4ccc(C5=CCCC=C5)cc4)cc(-c4ccc(-c5nc(-c6ccncc6)nc(-c6ccncc6)n5)cc4)c3)cc2)=C1. The molecule has 0 atom stereocenters. The smallest absolute Gasteiger partial charge is 0.164 e. The van der Waals surface area contributed by atoms with Gasteiger partial charge in [0.15, 0.2) is 17.5 Å². The monoisotopic (exact) mass is 695 g/mol. The lowest BCUT2D eigenvalue weighted by atomic mass is 9.91. The Morgan fingerprint density at radius 3 is 1.26 bits per heavy atom. The van der Waals surface area contributed by atoms with Gasteiger partial charge in [-0.2, -0.15) is 0 Å². The van der Waals surface area contributed by atoms with E-state index in [1.165, 1.54) is 44.5 Å². The Bertz CT molecular complexity index is 2490. The van der Waals surface area contributed by atoms with Crippen molar-refractivity contribution in [2.45, 2.75) is 25.7 Å². The lowest BCUT2D eigenvalue weighted by Crippen LogP contribution is -2.00. The Hall–Kier alpha value is -6.85. The molecule has 0 spiro atoms. The number of rotatable bonds is 8. The zero-order valence-corrected chi connectivity index (χ0v) is 29.8. The van der Waals surface area contributed by atoms with E-state index in [4.69, 9.17) is 15.0 Å². The fourth-order valence-electron chi connectivity index (χ4n) is 7.11. The summed E-state index contributed by atoms with van der Waals surface area (Å²) in [5.41, 5.74) is 14.9. The van der Waals surface area contributed by atoms with Crippen LogP contribution in [0.4, 0.5) is 0 Å². The van der Waals surface area contributed by atoms with Crippen LogP contribution in [-0.4, -0.2) is 24.9 Å². The van der Waals surface area contributed by atoms with Crippen LogP contribution in [0.5, 0.6) is 0 Å². The van der Waals surface area contributed by atoms with Crippen molar-refractivity contribution in [3.8, 4) is 67.5 Å². The number of nitrogens with zero attached hydrogens (tertiary/aromatic N) is 5. The molecular formula is C49H37N5. The first-order valence-electron chi connectivity index (χ1n) is 18.5. The van der Waals surface area contributed by atoms with Gasteiger partial charge in [0.1, 0.15) is 0 Å². The van der Waals surface area contributed by atoms with Gasteiger partial charge in [-0.1, -0.05) is 109 Å². The highest BCUT2D eigenvalue weighted by atomic mass is 15.0. The van der Waals surface area contributed by atoms with Crippen molar-refractivity contribution in [3.05, 3.63) is 188 Å². The Balaban J connectivity index is 1.10. The van der Waals surface area contributed by atoms with E-state index in [2.05, 4.69) is 137 Å². The third-order valence-corrected chi connectivity index (χ3v) is 10.1. The van der Waals surface area contributed by atoms with Crippen LogP contribution in [-0.2, 0) is 0 Å². The first-order chi connectivity index (χ1) is 26.7. The zero-order valence-electron chi connectivity index (χ0n) is 29.8. The van der Waals surface area contributed by atoms with Crippen LogP contribution in [0, 0.1) is 0 Å². The van der Waals surface area contributed by atoms with Gasteiger partial charge >= 0.3 is 0 Å². The summed E-state index contributed by atoms with van der Waals surface area (Å²) in [5.74, 6) is 1.80. The molecule has 2 aliphatic carbocycles. The van der Waals surface area contributed by atoms with E-state index in [1.54, 1.807) is 24.8 Å². The molecule has 7 aromatic rings. The fourth-order valence-corrected chi connectivity index (χ4v) is 7.11. The molecule has 54 heavy (non-hydrogen) atoms. The van der Waals surface area contributed by atoms with Gasteiger partial charge in [-0.25, -0.2) is 15.0 Å². The summed E-state index contributed by atoms with van der Waals surface area (Å²) in [4.78, 5) is 23.0. The molecule has 9 rings (SSSR count). The number of benzene rings is 4. The summed E-state index contributed by atoms with van der Waals surface area (Å²) in [6.07, 6.45) is 24.9. The fraction of sp³-hybridized carbons (Fsp3) is 0.0816. The van der Waals surface area contributed by atoms with E-state index >= 15 is 0 Å². The molecule has 0 N–H and O–H groups in total. The molecule has 3 aromatic heterocycles. The van der Waals surface area contributed by atoms with Gasteiger partial charge in [-0.15, -0.1) is 0 Å². The highest BCUT2D eigenvalue weighted by Gasteiger charge is 2.14. The van der Waals surface area contributed by atoms with Gasteiger partial charge in [-0.3, -0.25) is 9.97 Å². The molecule has 0 bridgehead atoms. The summed E-state index contributed by atoms with van der Waals surface area (Å²) in [6.45, 7) is 0. The average Bonchev–Trinajstić information content (AvgIpc) is 3.27. The van der Waals surface area contributed by atoms with E-state index in [-0.39, 0.29) is 0 Å². The molecule has 0 radical (unpaired) electrons. The number of allylic oxidation sites excluding steroid dienone is 8. The van der Waals surface area contributed by atoms with Gasteiger partial charge in [0.25, 0.3) is 0 Å². The summed E-state index contributed by atoms with van der Waals surface area (Å²) in [5, 5.41) is 0. The molecule has 0 fully saturated rings. The summed E-state index contributed by atoms with van der Waals surface area (Å²) in [7, 11) is 0. The predicted molar refractivity (Wildman–Crippen MR) is 221 cm³/mol. The van der Waals surface area contributed by atoms with Crippen molar-refractivity contribution < 1.29 is 0 Å². The van der Waals surface area contributed by atoms with Crippen molar-refractivity contribution in [2.24, 2.45) is 0 Å². The molecule has 0 aliphatic heterocycles. The number of pyridine rings is 2. The molecule has 0 saturated heterocycles. The second kappa shape index (κ2) is 15.0. The highest BCUT2D eigenvalue weighted by molar-refractivity contribution is 5.84. The minimum absolute atomic E-state index is 0.597. The molecule has 0 unspecified atom stereocenters. The van der Waals surface area contributed by atoms with E-state index in [0.717, 1.165) is 53.5 Å². The van der Waals surface area contributed by atoms with Crippen molar-refractivity contribution in [1.29, 1.82) is 0 Å². The van der Waals surface area contributed by atoms with Crippen LogP contribution in [0.1, 0.15) is 36.8 Å². The molecule has 4 aromatic carbocycles. The Labute approximate surface area is 315 Å². The van der Waals surface area contributed by atoms with E-state index < -0.39 is 0 Å². The quantitative estimate of drug-likeness (QED) is 0.158. The molecule has 5 heteroatoms. The first kappa shape index (κ1) is 33.0. The molecule has 258 valence electrons. The first-order valence-corrected chi connectivity index (χ1v) is 18.5. The molecule has 2 aliphatic rings. The minimum Gasteiger partial charge on any atom is -0.265 e. The lowest BCUT2D eigenvalue weighted by molar-refractivity contribution is 1.04. The highest BCUT2D eigenvalue weighted by Crippen LogP contribution is 2.36.